The number of methoxy groups -OCH3 is 1. The highest BCUT2D eigenvalue weighted by molar-refractivity contribution is 5.83. The molecule has 2 atom stereocenters. The number of esters is 1. The van der Waals surface area contributed by atoms with Crippen molar-refractivity contribution >= 4 is 11.9 Å². The van der Waals surface area contributed by atoms with Crippen molar-refractivity contribution in [2.75, 3.05) is 26.8 Å². The first-order chi connectivity index (χ1) is 10.7. The van der Waals surface area contributed by atoms with Gasteiger partial charge in [0.25, 0.3) is 5.91 Å². The first-order valence-corrected chi connectivity index (χ1v) is 7.70. The van der Waals surface area contributed by atoms with Gasteiger partial charge in [0.15, 0.2) is 6.10 Å². The van der Waals surface area contributed by atoms with E-state index in [2.05, 4.69) is 0 Å². The molecule has 5 nitrogen and oxygen atoms in total. The molecule has 0 aliphatic carbocycles. The van der Waals surface area contributed by atoms with Crippen molar-refractivity contribution in [1.82, 2.24) is 4.90 Å². The lowest BCUT2D eigenvalue weighted by Crippen LogP contribution is -2.45. The Hall–Kier alpha value is -1.88. The topological polar surface area (TPSA) is 55.8 Å². The van der Waals surface area contributed by atoms with Gasteiger partial charge in [-0.1, -0.05) is 30.3 Å². The van der Waals surface area contributed by atoms with Gasteiger partial charge in [0, 0.05) is 20.2 Å². The molecular weight excluding hydrogens is 282 g/mol. The molecule has 1 aromatic rings. The number of ether oxygens (including phenoxy) is 2. The fourth-order valence-electron chi connectivity index (χ4n) is 2.80. The summed E-state index contributed by atoms with van der Waals surface area (Å²) in [6, 6.07) is 9.41. The molecule has 0 bridgehead atoms. The smallest absolute Gasteiger partial charge is 0.310 e. The summed E-state index contributed by atoms with van der Waals surface area (Å²) in [6.45, 7) is 3.22. The van der Waals surface area contributed by atoms with Crippen LogP contribution in [-0.4, -0.2) is 43.6 Å². The van der Waals surface area contributed by atoms with Gasteiger partial charge in [0.1, 0.15) is 0 Å². The molecule has 2 rings (SSSR count). The van der Waals surface area contributed by atoms with Gasteiger partial charge >= 0.3 is 5.97 Å². The van der Waals surface area contributed by atoms with Gasteiger partial charge in [0.05, 0.1) is 12.5 Å². The van der Waals surface area contributed by atoms with E-state index in [1.807, 2.05) is 30.3 Å². The van der Waals surface area contributed by atoms with Crippen LogP contribution in [0.1, 0.15) is 31.4 Å². The Kier molecular flexibility index (Phi) is 5.95. The fourth-order valence-corrected chi connectivity index (χ4v) is 2.80. The van der Waals surface area contributed by atoms with Crippen molar-refractivity contribution in [3.8, 4) is 0 Å². The van der Waals surface area contributed by atoms with Gasteiger partial charge in [-0.05, 0) is 25.3 Å². The molecule has 0 saturated carbocycles. The average molecular weight is 305 g/mol. The minimum absolute atomic E-state index is 0.0947. The molecule has 1 heterocycles. The first kappa shape index (κ1) is 16.5. The van der Waals surface area contributed by atoms with Crippen LogP contribution in [-0.2, 0) is 19.1 Å². The molecule has 1 aliphatic rings. The summed E-state index contributed by atoms with van der Waals surface area (Å²) in [5.41, 5.74) is 0.827. The zero-order valence-corrected chi connectivity index (χ0v) is 13.2. The summed E-state index contributed by atoms with van der Waals surface area (Å²) < 4.78 is 10.5. The number of carbonyl (C=O) groups is 2. The Labute approximate surface area is 131 Å². The van der Waals surface area contributed by atoms with Crippen molar-refractivity contribution in [3.63, 3.8) is 0 Å². The van der Waals surface area contributed by atoms with Gasteiger partial charge in [-0.15, -0.1) is 0 Å². The van der Waals surface area contributed by atoms with Gasteiger partial charge in [0.2, 0.25) is 0 Å². The molecule has 0 spiro atoms. The highest BCUT2D eigenvalue weighted by atomic mass is 16.5. The van der Waals surface area contributed by atoms with E-state index in [0.29, 0.717) is 19.7 Å². The molecular formula is C17H23NO4. The SMILES string of the molecule is CCOC(=O)[C@@H]1CCCN(C(=O)[C@@H](OC)c2ccccc2)C1. The maximum atomic E-state index is 12.7. The molecule has 120 valence electrons. The number of amides is 1. The lowest BCUT2D eigenvalue weighted by Gasteiger charge is -2.33. The summed E-state index contributed by atoms with van der Waals surface area (Å²) in [6.07, 6.45) is 0.952. The number of nitrogens with zero attached hydrogens (tertiary/aromatic N) is 1. The maximum absolute atomic E-state index is 12.7. The summed E-state index contributed by atoms with van der Waals surface area (Å²) in [5, 5.41) is 0. The molecule has 0 N–H and O–H groups in total. The van der Waals surface area contributed by atoms with Crippen molar-refractivity contribution < 1.29 is 19.1 Å². The summed E-state index contributed by atoms with van der Waals surface area (Å²) >= 11 is 0. The van der Waals surface area contributed by atoms with E-state index in [9.17, 15) is 9.59 Å². The van der Waals surface area contributed by atoms with E-state index >= 15 is 0 Å². The highest BCUT2D eigenvalue weighted by Gasteiger charge is 2.33. The number of piperidine rings is 1. The predicted molar refractivity (Wildman–Crippen MR) is 82.1 cm³/mol. The number of carbonyl (C=O) groups excluding carboxylic acids is 2. The van der Waals surface area contributed by atoms with E-state index < -0.39 is 6.10 Å². The molecule has 0 radical (unpaired) electrons. The molecule has 0 aromatic heterocycles. The highest BCUT2D eigenvalue weighted by Crippen LogP contribution is 2.24. The van der Waals surface area contributed by atoms with Crippen LogP contribution >= 0.6 is 0 Å². The Bertz CT molecular complexity index is 503. The number of hydrogen-bond donors (Lipinski definition) is 0. The van der Waals surface area contributed by atoms with Crippen LogP contribution in [0.15, 0.2) is 30.3 Å². The molecule has 22 heavy (non-hydrogen) atoms. The van der Waals surface area contributed by atoms with Crippen LogP contribution in [0, 0.1) is 5.92 Å². The van der Waals surface area contributed by atoms with Crippen molar-refractivity contribution in [3.05, 3.63) is 35.9 Å². The molecule has 0 unspecified atom stereocenters. The molecule has 5 heteroatoms. The third-order valence-corrected chi connectivity index (χ3v) is 3.92. The standard InChI is InChI=1S/C17H23NO4/c1-3-22-17(20)14-10-7-11-18(12-14)16(19)15(21-2)13-8-5-4-6-9-13/h4-6,8-9,14-15H,3,7,10-12H2,1-2H3/t14-,15+/m1/s1. The number of benzene rings is 1. The van der Waals surface area contributed by atoms with Crippen molar-refractivity contribution in [2.45, 2.75) is 25.9 Å². The van der Waals surface area contributed by atoms with E-state index in [1.165, 1.54) is 7.11 Å². The molecule has 1 amide bonds. The molecule has 1 saturated heterocycles. The van der Waals surface area contributed by atoms with E-state index in [4.69, 9.17) is 9.47 Å². The predicted octanol–water partition coefficient (Wildman–Crippen LogP) is 2.18. The Balaban J connectivity index is 2.06. The Morgan fingerprint density at radius 2 is 2.05 bits per heavy atom. The van der Waals surface area contributed by atoms with Crippen LogP contribution in [0.5, 0.6) is 0 Å². The minimum atomic E-state index is -0.623. The van der Waals surface area contributed by atoms with Gasteiger partial charge in [-0.3, -0.25) is 9.59 Å². The zero-order chi connectivity index (χ0) is 15.9. The van der Waals surface area contributed by atoms with Crippen LogP contribution in [0.2, 0.25) is 0 Å². The van der Waals surface area contributed by atoms with Gasteiger partial charge < -0.3 is 14.4 Å². The fraction of sp³-hybridized carbons (Fsp3) is 0.529. The van der Waals surface area contributed by atoms with Crippen molar-refractivity contribution in [2.24, 2.45) is 5.92 Å². The van der Waals surface area contributed by atoms with E-state index in [1.54, 1.807) is 11.8 Å². The normalized spacial score (nSPS) is 19.5. The quantitative estimate of drug-likeness (QED) is 0.782. The molecule has 1 aliphatic heterocycles. The minimum Gasteiger partial charge on any atom is -0.466 e. The largest absolute Gasteiger partial charge is 0.466 e. The third kappa shape index (κ3) is 3.85. The van der Waals surface area contributed by atoms with Gasteiger partial charge in [-0.25, -0.2) is 0 Å². The van der Waals surface area contributed by atoms with Gasteiger partial charge in [-0.2, -0.15) is 0 Å². The van der Waals surface area contributed by atoms with Crippen LogP contribution in [0.4, 0.5) is 0 Å². The summed E-state index contributed by atoms with van der Waals surface area (Å²) in [5.74, 6) is -0.540. The van der Waals surface area contributed by atoms with Crippen LogP contribution < -0.4 is 0 Å². The second-order valence-electron chi connectivity index (χ2n) is 5.40. The Morgan fingerprint density at radius 1 is 1.32 bits per heavy atom. The monoisotopic (exact) mass is 305 g/mol. The molecule has 1 fully saturated rings. The third-order valence-electron chi connectivity index (χ3n) is 3.92. The number of likely N-dealkylation sites (tertiary alicyclic amines) is 1. The van der Waals surface area contributed by atoms with Crippen molar-refractivity contribution in [1.29, 1.82) is 0 Å². The second kappa shape index (κ2) is 7.94. The Morgan fingerprint density at radius 3 is 2.68 bits per heavy atom. The number of rotatable bonds is 5. The van der Waals surface area contributed by atoms with E-state index in [0.717, 1.165) is 18.4 Å². The lowest BCUT2D eigenvalue weighted by atomic mass is 9.97. The van der Waals surface area contributed by atoms with E-state index in [-0.39, 0.29) is 17.8 Å². The van der Waals surface area contributed by atoms with Crippen LogP contribution in [0.25, 0.3) is 0 Å². The summed E-state index contributed by atoms with van der Waals surface area (Å²) in [7, 11) is 1.53. The van der Waals surface area contributed by atoms with Crippen LogP contribution in [0.3, 0.4) is 0 Å². The zero-order valence-electron chi connectivity index (χ0n) is 13.2. The second-order valence-corrected chi connectivity index (χ2v) is 5.40. The molecule has 1 aromatic carbocycles. The number of hydrogen-bond acceptors (Lipinski definition) is 4. The maximum Gasteiger partial charge on any atom is 0.310 e. The average Bonchev–Trinajstić information content (AvgIpc) is 2.57. The summed E-state index contributed by atoms with van der Waals surface area (Å²) in [4.78, 5) is 26.3. The first-order valence-electron chi connectivity index (χ1n) is 7.70. The lowest BCUT2D eigenvalue weighted by molar-refractivity contribution is -0.153.